The van der Waals surface area contributed by atoms with Crippen molar-refractivity contribution in [1.82, 2.24) is 9.97 Å². The molecule has 156 valence electrons. The third kappa shape index (κ3) is 6.51. The maximum atomic E-state index is 10.7. The maximum absolute atomic E-state index is 10.7. The summed E-state index contributed by atoms with van der Waals surface area (Å²) in [5, 5.41) is 8.79. The van der Waals surface area contributed by atoms with Gasteiger partial charge in [-0.25, -0.2) is 9.97 Å². The molecule has 0 saturated carbocycles. The van der Waals surface area contributed by atoms with Crippen molar-refractivity contribution in [3.8, 4) is 22.5 Å². The highest BCUT2D eigenvalue weighted by Crippen LogP contribution is 2.22. The molecule has 1 aromatic heterocycles. The molecule has 0 radical (unpaired) electrons. The topological polar surface area (TPSA) is 63.1 Å². The predicted octanol–water partition coefficient (Wildman–Crippen LogP) is 6.34. The molecule has 1 N–H and O–H groups in total. The lowest BCUT2D eigenvalue weighted by Gasteiger charge is -2.06. The molecule has 4 heteroatoms. The van der Waals surface area contributed by atoms with Crippen molar-refractivity contribution in [3.05, 3.63) is 72.1 Å². The number of hydrogen-bond acceptors (Lipinski definition) is 3. The second kappa shape index (κ2) is 11.2. The first-order valence-electron chi connectivity index (χ1n) is 10.9. The summed E-state index contributed by atoms with van der Waals surface area (Å²) >= 11 is 0. The van der Waals surface area contributed by atoms with Crippen LogP contribution in [-0.4, -0.2) is 21.0 Å². The van der Waals surface area contributed by atoms with Crippen LogP contribution < -0.4 is 0 Å². The molecule has 0 aliphatic carbocycles. The Kier molecular flexibility index (Phi) is 8.13. The molecule has 0 aliphatic heterocycles. The zero-order valence-corrected chi connectivity index (χ0v) is 17.7. The molecule has 1 heterocycles. The first kappa shape index (κ1) is 21.7. The smallest absolute Gasteiger partial charge is 0.303 e. The quantitative estimate of drug-likeness (QED) is 0.380. The average Bonchev–Trinajstić information content (AvgIpc) is 2.78. The van der Waals surface area contributed by atoms with Gasteiger partial charge in [0.25, 0.3) is 0 Å². The van der Waals surface area contributed by atoms with Crippen LogP contribution in [0.15, 0.2) is 60.9 Å². The van der Waals surface area contributed by atoms with Crippen molar-refractivity contribution < 1.29 is 9.90 Å². The van der Waals surface area contributed by atoms with Crippen molar-refractivity contribution in [2.45, 2.75) is 58.3 Å². The summed E-state index contributed by atoms with van der Waals surface area (Å²) in [6, 6.07) is 16.5. The molecule has 0 bridgehead atoms. The minimum absolute atomic E-state index is 0.148. The first-order chi connectivity index (χ1) is 14.7. The van der Waals surface area contributed by atoms with Crippen molar-refractivity contribution in [2.24, 2.45) is 0 Å². The summed E-state index contributed by atoms with van der Waals surface area (Å²) in [5.74, 6) is -0.0469. The zero-order chi connectivity index (χ0) is 21.2. The Balaban J connectivity index is 1.58. The predicted molar refractivity (Wildman–Crippen MR) is 121 cm³/mol. The summed E-state index contributed by atoms with van der Waals surface area (Å²) in [6.07, 6.45) is 12.0. The van der Waals surface area contributed by atoms with Gasteiger partial charge in [-0.05, 0) is 36.0 Å². The van der Waals surface area contributed by atoms with Gasteiger partial charge >= 0.3 is 5.97 Å². The highest BCUT2D eigenvalue weighted by molar-refractivity contribution is 5.67. The molecule has 0 saturated heterocycles. The Hall–Kier alpha value is -3.01. The van der Waals surface area contributed by atoms with Crippen LogP contribution in [0.3, 0.4) is 0 Å². The Morgan fingerprint density at radius 3 is 1.90 bits per heavy atom. The number of nitrogens with zero attached hydrogens (tertiary/aromatic N) is 2. The van der Waals surface area contributed by atoms with E-state index in [2.05, 4.69) is 41.2 Å². The number of carboxylic acid groups (broad SMARTS) is 1. The SMILES string of the molecule is CCCCCCCc1ccc(-c2ncc(-c3ccc(CCC(=O)O)cc3)cn2)cc1. The second-order valence-electron chi connectivity index (χ2n) is 7.75. The number of unbranched alkanes of at least 4 members (excludes halogenated alkanes) is 4. The van der Waals surface area contributed by atoms with Gasteiger partial charge < -0.3 is 5.11 Å². The molecular weight excluding hydrogens is 372 g/mol. The molecule has 0 fully saturated rings. The molecule has 2 aromatic carbocycles. The summed E-state index contributed by atoms with van der Waals surface area (Å²) in [7, 11) is 0. The highest BCUT2D eigenvalue weighted by Gasteiger charge is 2.05. The number of carbonyl (C=O) groups is 1. The number of benzene rings is 2. The number of hydrogen-bond donors (Lipinski definition) is 1. The Labute approximate surface area is 179 Å². The van der Waals surface area contributed by atoms with Crippen LogP contribution in [0.1, 0.15) is 56.6 Å². The van der Waals surface area contributed by atoms with E-state index in [1.807, 2.05) is 36.7 Å². The van der Waals surface area contributed by atoms with Gasteiger partial charge in [-0.15, -0.1) is 0 Å². The van der Waals surface area contributed by atoms with Gasteiger partial charge in [-0.2, -0.15) is 0 Å². The molecule has 30 heavy (non-hydrogen) atoms. The number of aliphatic carboxylic acids is 1. The molecule has 0 unspecified atom stereocenters. The van der Waals surface area contributed by atoms with Gasteiger partial charge in [-0.1, -0.05) is 81.1 Å². The fourth-order valence-electron chi connectivity index (χ4n) is 3.49. The van der Waals surface area contributed by atoms with E-state index in [9.17, 15) is 4.79 Å². The average molecular weight is 403 g/mol. The van der Waals surface area contributed by atoms with Gasteiger partial charge in [0.2, 0.25) is 0 Å². The lowest BCUT2D eigenvalue weighted by molar-refractivity contribution is -0.136. The second-order valence-corrected chi connectivity index (χ2v) is 7.75. The van der Waals surface area contributed by atoms with Gasteiger partial charge in [-0.3, -0.25) is 4.79 Å². The third-order valence-corrected chi connectivity index (χ3v) is 5.35. The molecule has 0 aliphatic rings. The largest absolute Gasteiger partial charge is 0.481 e. The zero-order valence-electron chi connectivity index (χ0n) is 17.7. The minimum atomic E-state index is -0.775. The molecule has 3 aromatic rings. The van der Waals surface area contributed by atoms with E-state index in [4.69, 9.17) is 5.11 Å². The van der Waals surface area contributed by atoms with Crippen molar-refractivity contribution in [2.75, 3.05) is 0 Å². The minimum Gasteiger partial charge on any atom is -0.481 e. The number of aromatic nitrogens is 2. The van der Waals surface area contributed by atoms with Crippen LogP contribution in [0.4, 0.5) is 0 Å². The highest BCUT2D eigenvalue weighted by atomic mass is 16.4. The third-order valence-electron chi connectivity index (χ3n) is 5.35. The lowest BCUT2D eigenvalue weighted by atomic mass is 10.0. The molecule has 0 atom stereocenters. The van der Waals surface area contributed by atoms with E-state index in [0.717, 1.165) is 34.5 Å². The maximum Gasteiger partial charge on any atom is 0.303 e. The van der Waals surface area contributed by atoms with E-state index in [1.54, 1.807) is 0 Å². The molecule has 3 rings (SSSR count). The Morgan fingerprint density at radius 1 is 0.733 bits per heavy atom. The molecular formula is C26H30N2O2. The van der Waals surface area contributed by atoms with E-state index in [0.29, 0.717) is 6.42 Å². The van der Waals surface area contributed by atoms with Crippen LogP contribution in [0.2, 0.25) is 0 Å². The standard InChI is InChI=1S/C26H30N2O2/c1-2-3-4-5-6-7-20-10-15-23(16-11-20)26-27-18-24(19-28-26)22-13-8-21(9-14-22)12-17-25(29)30/h8-11,13-16,18-19H,2-7,12,17H2,1H3,(H,29,30). The lowest BCUT2D eigenvalue weighted by Crippen LogP contribution is -1.97. The van der Waals surface area contributed by atoms with Crippen LogP contribution in [0, 0.1) is 0 Å². The van der Waals surface area contributed by atoms with Crippen LogP contribution in [0.25, 0.3) is 22.5 Å². The molecule has 0 spiro atoms. The van der Waals surface area contributed by atoms with Gasteiger partial charge in [0.1, 0.15) is 0 Å². The van der Waals surface area contributed by atoms with Gasteiger partial charge in [0.15, 0.2) is 5.82 Å². The van der Waals surface area contributed by atoms with Gasteiger partial charge in [0.05, 0.1) is 0 Å². The number of aryl methyl sites for hydroxylation is 2. The van der Waals surface area contributed by atoms with E-state index in [-0.39, 0.29) is 6.42 Å². The first-order valence-corrected chi connectivity index (χ1v) is 10.9. The Bertz CT molecular complexity index is 917. The van der Waals surface area contributed by atoms with Crippen LogP contribution in [0.5, 0.6) is 0 Å². The summed E-state index contributed by atoms with van der Waals surface area (Å²) in [4.78, 5) is 19.8. The fourth-order valence-corrected chi connectivity index (χ4v) is 3.49. The van der Waals surface area contributed by atoms with Gasteiger partial charge in [0, 0.05) is 29.9 Å². The van der Waals surface area contributed by atoms with Crippen molar-refractivity contribution in [3.63, 3.8) is 0 Å². The molecule has 0 amide bonds. The summed E-state index contributed by atoms with van der Waals surface area (Å²) < 4.78 is 0. The monoisotopic (exact) mass is 402 g/mol. The number of carboxylic acids is 1. The van der Waals surface area contributed by atoms with Crippen LogP contribution >= 0.6 is 0 Å². The van der Waals surface area contributed by atoms with Crippen LogP contribution in [-0.2, 0) is 17.6 Å². The Morgan fingerprint density at radius 2 is 1.30 bits per heavy atom. The number of rotatable bonds is 11. The molecule has 4 nitrogen and oxygen atoms in total. The van der Waals surface area contributed by atoms with Crippen molar-refractivity contribution in [1.29, 1.82) is 0 Å². The van der Waals surface area contributed by atoms with E-state index < -0.39 is 5.97 Å². The normalized spacial score (nSPS) is 10.8. The van der Waals surface area contributed by atoms with Crippen molar-refractivity contribution >= 4 is 5.97 Å². The van der Waals surface area contributed by atoms with E-state index >= 15 is 0 Å². The van der Waals surface area contributed by atoms with E-state index in [1.165, 1.54) is 37.7 Å². The summed E-state index contributed by atoms with van der Waals surface area (Å²) in [5.41, 5.74) is 5.39. The summed E-state index contributed by atoms with van der Waals surface area (Å²) in [6.45, 7) is 2.24. The fraction of sp³-hybridized carbons (Fsp3) is 0.346.